The number of nitrogens with one attached hydrogen (secondary N) is 1. The molecule has 3 aliphatic rings. The molecule has 80 valence electrons. The van der Waals surface area contributed by atoms with E-state index in [1.54, 1.807) is 25.7 Å². The average Bonchev–Trinajstić information content (AvgIpc) is 2.84. The zero-order chi connectivity index (χ0) is 9.54. The molecule has 0 spiro atoms. The lowest BCUT2D eigenvalue weighted by atomic mass is 9.83. The minimum atomic E-state index is 0.861. The lowest BCUT2D eigenvalue weighted by Crippen LogP contribution is -2.31. The highest BCUT2D eigenvalue weighted by atomic mass is 14.9. The molecule has 0 heterocycles. The summed E-state index contributed by atoms with van der Waals surface area (Å²) >= 11 is 0. The van der Waals surface area contributed by atoms with Gasteiger partial charge in [0.25, 0.3) is 0 Å². The molecule has 1 nitrogen and oxygen atoms in total. The SMILES string of the molecule is CNC(CC1CC2CCC1C2)C1CC1. The third kappa shape index (κ3) is 1.60. The molecule has 0 aromatic carbocycles. The van der Waals surface area contributed by atoms with Gasteiger partial charge >= 0.3 is 0 Å². The topological polar surface area (TPSA) is 12.0 Å². The van der Waals surface area contributed by atoms with Crippen molar-refractivity contribution in [3.8, 4) is 0 Å². The van der Waals surface area contributed by atoms with Crippen LogP contribution in [0.3, 0.4) is 0 Å². The summed E-state index contributed by atoms with van der Waals surface area (Å²) in [6.07, 6.45) is 10.7. The van der Waals surface area contributed by atoms with Gasteiger partial charge in [0.15, 0.2) is 0 Å². The van der Waals surface area contributed by atoms with Crippen LogP contribution in [0.2, 0.25) is 0 Å². The van der Waals surface area contributed by atoms with Crippen LogP contribution in [-0.4, -0.2) is 13.1 Å². The summed E-state index contributed by atoms with van der Waals surface area (Å²) in [4.78, 5) is 0. The van der Waals surface area contributed by atoms with Crippen molar-refractivity contribution in [2.45, 2.75) is 51.0 Å². The van der Waals surface area contributed by atoms with E-state index in [-0.39, 0.29) is 0 Å². The molecule has 3 saturated carbocycles. The second-order valence-corrected chi connectivity index (χ2v) is 5.90. The van der Waals surface area contributed by atoms with Gasteiger partial charge in [0.2, 0.25) is 0 Å². The van der Waals surface area contributed by atoms with Crippen molar-refractivity contribution in [2.24, 2.45) is 23.7 Å². The molecule has 14 heavy (non-hydrogen) atoms. The minimum absolute atomic E-state index is 0.861. The Kier molecular flexibility index (Phi) is 2.31. The van der Waals surface area contributed by atoms with E-state index in [4.69, 9.17) is 0 Å². The van der Waals surface area contributed by atoms with Crippen molar-refractivity contribution in [2.75, 3.05) is 7.05 Å². The summed E-state index contributed by atoms with van der Waals surface area (Å²) < 4.78 is 0. The molecule has 0 saturated heterocycles. The Hall–Kier alpha value is -0.0400. The Bertz CT molecular complexity index is 209. The second-order valence-electron chi connectivity index (χ2n) is 5.90. The quantitative estimate of drug-likeness (QED) is 0.724. The Morgan fingerprint density at radius 1 is 1.14 bits per heavy atom. The van der Waals surface area contributed by atoms with Crippen LogP contribution >= 0.6 is 0 Å². The van der Waals surface area contributed by atoms with Gasteiger partial charge in [-0.2, -0.15) is 0 Å². The van der Waals surface area contributed by atoms with Gasteiger partial charge in [0.1, 0.15) is 0 Å². The van der Waals surface area contributed by atoms with Gasteiger partial charge in [0, 0.05) is 6.04 Å². The largest absolute Gasteiger partial charge is 0.317 e. The second kappa shape index (κ2) is 3.52. The maximum atomic E-state index is 3.55. The molecule has 4 unspecified atom stereocenters. The van der Waals surface area contributed by atoms with Crippen LogP contribution in [-0.2, 0) is 0 Å². The molecule has 3 aliphatic carbocycles. The third-order valence-corrected chi connectivity index (χ3v) is 5.00. The average molecular weight is 193 g/mol. The standard InChI is InChI=1S/C13H23N/c1-14-13(10-4-5-10)8-12-7-9-2-3-11(12)6-9/h9-14H,2-8H2,1H3. The number of fused-ring (bicyclic) bond motifs is 2. The first-order valence-electron chi connectivity index (χ1n) is 6.54. The Labute approximate surface area is 87.7 Å². The smallest absolute Gasteiger partial charge is 0.00950 e. The number of hydrogen-bond acceptors (Lipinski definition) is 1. The van der Waals surface area contributed by atoms with Crippen molar-refractivity contribution in [3.05, 3.63) is 0 Å². The van der Waals surface area contributed by atoms with E-state index in [1.807, 2.05) is 0 Å². The zero-order valence-electron chi connectivity index (χ0n) is 9.34. The van der Waals surface area contributed by atoms with E-state index in [2.05, 4.69) is 12.4 Å². The van der Waals surface area contributed by atoms with E-state index in [9.17, 15) is 0 Å². The van der Waals surface area contributed by atoms with Gasteiger partial charge in [0.05, 0.1) is 0 Å². The first-order valence-corrected chi connectivity index (χ1v) is 6.54. The summed E-state index contributed by atoms with van der Waals surface area (Å²) in [7, 11) is 2.16. The molecule has 0 aromatic rings. The lowest BCUT2D eigenvalue weighted by Gasteiger charge is -2.26. The first-order chi connectivity index (χ1) is 6.86. The molecule has 2 bridgehead atoms. The van der Waals surface area contributed by atoms with Gasteiger partial charge in [-0.1, -0.05) is 6.42 Å². The Balaban J connectivity index is 1.56. The highest BCUT2D eigenvalue weighted by Crippen LogP contribution is 2.51. The van der Waals surface area contributed by atoms with E-state index >= 15 is 0 Å². The molecule has 0 radical (unpaired) electrons. The molecule has 1 heteroatoms. The first kappa shape index (κ1) is 9.21. The van der Waals surface area contributed by atoms with Gasteiger partial charge in [-0.15, -0.1) is 0 Å². The van der Waals surface area contributed by atoms with Crippen molar-refractivity contribution in [3.63, 3.8) is 0 Å². The van der Waals surface area contributed by atoms with E-state index in [0.717, 1.165) is 29.7 Å². The van der Waals surface area contributed by atoms with Crippen LogP contribution in [0.25, 0.3) is 0 Å². The summed E-state index contributed by atoms with van der Waals surface area (Å²) in [5.74, 6) is 4.38. The maximum Gasteiger partial charge on any atom is 0.00950 e. The summed E-state index contributed by atoms with van der Waals surface area (Å²) in [6, 6.07) is 0.861. The highest BCUT2D eigenvalue weighted by molar-refractivity contribution is 4.94. The van der Waals surface area contributed by atoms with Gasteiger partial charge in [-0.3, -0.25) is 0 Å². The van der Waals surface area contributed by atoms with Crippen LogP contribution in [0.4, 0.5) is 0 Å². The highest BCUT2D eigenvalue weighted by Gasteiger charge is 2.42. The predicted octanol–water partition coefficient (Wildman–Crippen LogP) is 2.81. The molecule has 4 atom stereocenters. The van der Waals surface area contributed by atoms with Crippen molar-refractivity contribution in [1.29, 1.82) is 0 Å². The molecule has 3 fully saturated rings. The van der Waals surface area contributed by atoms with E-state index < -0.39 is 0 Å². The van der Waals surface area contributed by atoms with Crippen molar-refractivity contribution >= 4 is 0 Å². The number of rotatable bonds is 4. The van der Waals surface area contributed by atoms with Crippen molar-refractivity contribution < 1.29 is 0 Å². The fourth-order valence-corrected chi connectivity index (χ4v) is 4.04. The normalized spacial score (nSPS) is 43.1. The fraction of sp³-hybridized carbons (Fsp3) is 1.00. The van der Waals surface area contributed by atoms with E-state index in [0.29, 0.717) is 0 Å². The van der Waals surface area contributed by atoms with E-state index in [1.165, 1.54) is 19.3 Å². The molecular formula is C13H23N. The van der Waals surface area contributed by atoms with Crippen LogP contribution in [0.1, 0.15) is 44.9 Å². The predicted molar refractivity (Wildman–Crippen MR) is 59.1 cm³/mol. The van der Waals surface area contributed by atoms with Gasteiger partial charge in [-0.05, 0) is 69.2 Å². The van der Waals surface area contributed by atoms with Crippen LogP contribution in [0.15, 0.2) is 0 Å². The summed E-state index contributed by atoms with van der Waals surface area (Å²) in [5.41, 5.74) is 0. The Morgan fingerprint density at radius 3 is 2.50 bits per heavy atom. The van der Waals surface area contributed by atoms with Gasteiger partial charge in [-0.25, -0.2) is 0 Å². The monoisotopic (exact) mass is 193 g/mol. The van der Waals surface area contributed by atoms with Crippen LogP contribution in [0, 0.1) is 23.7 Å². The number of hydrogen-bond donors (Lipinski definition) is 1. The molecule has 0 amide bonds. The summed E-state index contributed by atoms with van der Waals surface area (Å²) in [6.45, 7) is 0. The molecule has 0 aliphatic heterocycles. The van der Waals surface area contributed by atoms with Crippen LogP contribution in [0.5, 0.6) is 0 Å². The fourth-order valence-electron chi connectivity index (χ4n) is 4.04. The lowest BCUT2D eigenvalue weighted by molar-refractivity contribution is 0.271. The minimum Gasteiger partial charge on any atom is -0.317 e. The Morgan fingerprint density at radius 2 is 2.00 bits per heavy atom. The maximum absolute atomic E-state index is 3.55. The summed E-state index contributed by atoms with van der Waals surface area (Å²) in [5, 5.41) is 3.55. The zero-order valence-corrected chi connectivity index (χ0v) is 9.34. The molecule has 1 N–H and O–H groups in total. The molecule has 0 aromatic heterocycles. The van der Waals surface area contributed by atoms with Crippen LogP contribution < -0.4 is 5.32 Å². The molecular weight excluding hydrogens is 170 g/mol. The van der Waals surface area contributed by atoms with Crippen molar-refractivity contribution in [1.82, 2.24) is 5.32 Å². The van der Waals surface area contributed by atoms with Gasteiger partial charge < -0.3 is 5.32 Å². The molecule has 3 rings (SSSR count). The third-order valence-electron chi connectivity index (χ3n) is 5.00.